The molecule has 0 saturated heterocycles. The summed E-state index contributed by atoms with van der Waals surface area (Å²) in [5.41, 5.74) is 3.17. The van der Waals surface area contributed by atoms with E-state index in [4.69, 9.17) is 9.47 Å². The Bertz CT molecular complexity index is 1190. The predicted octanol–water partition coefficient (Wildman–Crippen LogP) is 5.45. The molecule has 168 valence electrons. The van der Waals surface area contributed by atoms with Crippen LogP contribution in [-0.4, -0.2) is 34.0 Å². The van der Waals surface area contributed by atoms with Crippen LogP contribution in [0.5, 0.6) is 11.5 Å². The first-order valence-corrected chi connectivity index (χ1v) is 12.0. The Hall–Kier alpha value is -3.58. The average Bonchev–Trinajstić information content (AvgIpc) is 3.25. The van der Waals surface area contributed by atoms with Crippen molar-refractivity contribution >= 4 is 18.0 Å². The van der Waals surface area contributed by atoms with Gasteiger partial charge in [-0.3, -0.25) is 0 Å². The molecule has 1 aromatic heterocycles. The van der Waals surface area contributed by atoms with Gasteiger partial charge in [-0.15, -0.1) is 10.2 Å². The average molecular weight is 459 g/mol. The highest BCUT2D eigenvalue weighted by atomic mass is 32.2. The van der Waals surface area contributed by atoms with Gasteiger partial charge >= 0.3 is 0 Å². The highest BCUT2D eigenvalue weighted by Crippen LogP contribution is 2.29. The summed E-state index contributed by atoms with van der Waals surface area (Å²) in [6, 6.07) is 26.1. The molecule has 3 aromatic carbocycles. The minimum atomic E-state index is 0.481. The van der Waals surface area contributed by atoms with Crippen molar-refractivity contribution in [3.8, 4) is 11.5 Å². The summed E-state index contributed by atoms with van der Waals surface area (Å²) in [6.45, 7) is 2.99. The lowest BCUT2D eigenvalue weighted by molar-refractivity contribution is 0.269. The Morgan fingerprint density at radius 3 is 2.30 bits per heavy atom. The normalized spacial score (nSPS) is 11.1. The fourth-order valence-corrected chi connectivity index (χ4v) is 3.73. The highest BCUT2D eigenvalue weighted by molar-refractivity contribution is 7.98. The first-order valence-electron chi connectivity index (χ1n) is 10.8. The number of ether oxygens (including phenoxy) is 2. The van der Waals surface area contributed by atoms with E-state index >= 15 is 0 Å². The van der Waals surface area contributed by atoms with Gasteiger partial charge in [0, 0.05) is 6.42 Å². The van der Waals surface area contributed by atoms with E-state index in [0.29, 0.717) is 31.1 Å². The zero-order chi connectivity index (χ0) is 22.9. The van der Waals surface area contributed by atoms with Gasteiger partial charge < -0.3 is 9.47 Å². The van der Waals surface area contributed by atoms with Crippen molar-refractivity contribution < 1.29 is 9.47 Å². The molecule has 0 unspecified atom stereocenters. The van der Waals surface area contributed by atoms with Crippen LogP contribution in [0.15, 0.2) is 89.1 Å². The zero-order valence-corrected chi connectivity index (χ0v) is 19.5. The monoisotopic (exact) mass is 458 g/mol. The van der Waals surface area contributed by atoms with Gasteiger partial charge in [0.2, 0.25) is 5.16 Å². The lowest BCUT2D eigenvalue weighted by Crippen LogP contribution is -2.02. The lowest BCUT2D eigenvalue weighted by atomic mass is 10.1. The molecule has 7 heteroatoms. The molecule has 33 heavy (non-hydrogen) atoms. The smallest absolute Gasteiger partial charge is 0.211 e. The molecule has 4 aromatic rings. The second-order valence-electron chi connectivity index (χ2n) is 7.24. The largest absolute Gasteiger partial charge is 0.490 e. The van der Waals surface area contributed by atoms with E-state index < -0.39 is 0 Å². The molecule has 0 N–H and O–H groups in total. The van der Waals surface area contributed by atoms with E-state index in [1.807, 2.05) is 79.9 Å². The van der Waals surface area contributed by atoms with E-state index in [-0.39, 0.29) is 0 Å². The van der Waals surface area contributed by atoms with Crippen molar-refractivity contribution in [2.75, 3.05) is 12.9 Å². The minimum absolute atomic E-state index is 0.481. The number of rotatable bonds is 10. The van der Waals surface area contributed by atoms with Crippen molar-refractivity contribution in [3.05, 3.63) is 101 Å². The van der Waals surface area contributed by atoms with E-state index in [0.717, 1.165) is 27.7 Å². The zero-order valence-electron chi connectivity index (χ0n) is 18.7. The Morgan fingerprint density at radius 1 is 0.879 bits per heavy atom. The molecule has 0 fully saturated rings. The molecule has 0 amide bonds. The molecular weight excluding hydrogens is 432 g/mol. The maximum atomic E-state index is 6.01. The van der Waals surface area contributed by atoms with Crippen LogP contribution in [0.25, 0.3) is 0 Å². The van der Waals surface area contributed by atoms with E-state index in [1.165, 1.54) is 11.8 Å². The quantitative estimate of drug-likeness (QED) is 0.234. The molecular formula is C26H26N4O2S. The van der Waals surface area contributed by atoms with Crippen molar-refractivity contribution in [2.24, 2.45) is 5.10 Å². The van der Waals surface area contributed by atoms with Gasteiger partial charge in [0.05, 0.1) is 12.8 Å². The van der Waals surface area contributed by atoms with Gasteiger partial charge in [-0.05, 0) is 48.1 Å². The van der Waals surface area contributed by atoms with Crippen LogP contribution in [0.1, 0.15) is 29.4 Å². The van der Waals surface area contributed by atoms with Crippen molar-refractivity contribution in [1.29, 1.82) is 0 Å². The Morgan fingerprint density at radius 2 is 1.61 bits per heavy atom. The molecule has 0 aliphatic carbocycles. The summed E-state index contributed by atoms with van der Waals surface area (Å²) >= 11 is 1.51. The van der Waals surface area contributed by atoms with Crippen LogP contribution in [-0.2, 0) is 13.0 Å². The molecule has 0 spiro atoms. The maximum Gasteiger partial charge on any atom is 0.211 e. The first-order chi connectivity index (χ1) is 16.3. The number of thioether (sulfide) groups is 1. The Labute approximate surface area is 198 Å². The molecule has 0 radical (unpaired) electrons. The number of nitrogens with zero attached hydrogens (tertiary/aromatic N) is 4. The third-order valence-corrected chi connectivity index (χ3v) is 5.51. The molecule has 0 saturated carbocycles. The van der Waals surface area contributed by atoms with Crippen molar-refractivity contribution in [2.45, 2.75) is 25.1 Å². The van der Waals surface area contributed by atoms with E-state index in [1.54, 1.807) is 10.9 Å². The number of benzene rings is 3. The van der Waals surface area contributed by atoms with E-state index in [2.05, 4.69) is 27.4 Å². The lowest BCUT2D eigenvalue weighted by Gasteiger charge is -2.12. The van der Waals surface area contributed by atoms with Crippen LogP contribution in [0.4, 0.5) is 0 Å². The van der Waals surface area contributed by atoms with Gasteiger partial charge in [0.25, 0.3) is 0 Å². The molecule has 4 rings (SSSR count). The molecule has 0 aliphatic rings. The van der Waals surface area contributed by atoms with E-state index in [9.17, 15) is 0 Å². The topological polar surface area (TPSA) is 61.5 Å². The third kappa shape index (κ3) is 6.02. The number of hydrogen-bond donors (Lipinski definition) is 0. The van der Waals surface area contributed by atoms with Crippen LogP contribution < -0.4 is 9.47 Å². The molecule has 0 bridgehead atoms. The minimum Gasteiger partial charge on any atom is -0.490 e. The Kier molecular flexibility index (Phi) is 7.76. The predicted molar refractivity (Wildman–Crippen MR) is 132 cm³/mol. The van der Waals surface area contributed by atoms with Crippen LogP contribution in [0.3, 0.4) is 0 Å². The fourth-order valence-electron chi connectivity index (χ4n) is 3.28. The van der Waals surface area contributed by atoms with Crippen molar-refractivity contribution in [3.63, 3.8) is 0 Å². The van der Waals surface area contributed by atoms with Gasteiger partial charge in [0.1, 0.15) is 6.61 Å². The maximum absolute atomic E-state index is 6.01. The summed E-state index contributed by atoms with van der Waals surface area (Å²) in [5.74, 6) is 2.18. The second kappa shape index (κ2) is 11.3. The molecule has 0 atom stereocenters. The number of hydrogen-bond acceptors (Lipinski definition) is 6. The van der Waals surface area contributed by atoms with Gasteiger partial charge in [0.15, 0.2) is 17.3 Å². The summed E-state index contributed by atoms with van der Waals surface area (Å²) in [6.07, 6.45) is 4.41. The van der Waals surface area contributed by atoms with Crippen molar-refractivity contribution in [1.82, 2.24) is 14.9 Å². The van der Waals surface area contributed by atoms with Gasteiger partial charge in [-0.25, -0.2) is 0 Å². The third-order valence-electron chi connectivity index (χ3n) is 4.89. The molecule has 0 aliphatic heterocycles. The SMILES string of the molecule is CCOc1cc(/C=N\n2c(Cc3ccccc3)nnc2SC)ccc1OCc1ccccc1. The fraction of sp³-hybridized carbons (Fsp3) is 0.192. The van der Waals surface area contributed by atoms with Gasteiger partial charge in [-0.1, -0.05) is 72.4 Å². The standard InChI is InChI=1S/C26H26N4O2S/c1-3-31-24-16-22(14-15-23(24)32-19-21-12-8-5-9-13-21)18-27-30-25(28-29-26(30)33-2)17-20-10-6-4-7-11-20/h4-16,18H,3,17,19H2,1-2H3/b27-18-. The molecule has 1 heterocycles. The summed E-state index contributed by atoms with van der Waals surface area (Å²) in [4.78, 5) is 0. The second-order valence-corrected chi connectivity index (χ2v) is 8.01. The first kappa shape index (κ1) is 22.6. The van der Waals surface area contributed by atoms with Gasteiger partial charge in [-0.2, -0.15) is 9.78 Å². The Balaban J connectivity index is 1.54. The molecule has 6 nitrogen and oxygen atoms in total. The van der Waals surface area contributed by atoms with Crippen LogP contribution in [0.2, 0.25) is 0 Å². The summed E-state index contributed by atoms with van der Waals surface area (Å²) in [5, 5.41) is 14.0. The van der Waals surface area contributed by atoms with Crippen LogP contribution >= 0.6 is 11.8 Å². The number of aromatic nitrogens is 3. The highest BCUT2D eigenvalue weighted by Gasteiger charge is 2.12. The summed E-state index contributed by atoms with van der Waals surface area (Å²) < 4.78 is 13.6. The van der Waals surface area contributed by atoms with Crippen LogP contribution in [0, 0.1) is 0 Å². The summed E-state index contributed by atoms with van der Waals surface area (Å²) in [7, 11) is 0.